The number of carboxylic acids is 1. The third-order valence-corrected chi connectivity index (χ3v) is 2.94. The summed E-state index contributed by atoms with van der Waals surface area (Å²) < 4.78 is 5.26. The van der Waals surface area contributed by atoms with E-state index in [2.05, 4.69) is 4.98 Å². The van der Waals surface area contributed by atoms with Gasteiger partial charge in [-0.1, -0.05) is 6.07 Å². The second kappa shape index (κ2) is 5.11. The SMILES string of the molecule is CC(C)(C)OC(=O)N1CC(c2cccc(C(=O)O)n2)C1. The van der Waals surface area contributed by atoms with Gasteiger partial charge in [-0.3, -0.25) is 0 Å². The molecular formula is C14H18N2O4. The van der Waals surface area contributed by atoms with Gasteiger partial charge in [-0.05, 0) is 32.9 Å². The van der Waals surface area contributed by atoms with Crippen molar-refractivity contribution in [1.29, 1.82) is 0 Å². The number of likely N-dealkylation sites (tertiary alicyclic amines) is 1. The van der Waals surface area contributed by atoms with E-state index in [-0.39, 0.29) is 17.7 Å². The third-order valence-electron chi connectivity index (χ3n) is 2.94. The summed E-state index contributed by atoms with van der Waals surface area (Å²) in [6.45, 7) is 6.47. The predicted octanol–water partition coefficient (Wildman–Crippen LogP) is 2.11. The topological polar surface area (TPSA) is 79.7 Å². The Morgan fingerprint density at radius 2 is 2.00 bits per heavy atom. The third kappa shape index (κ3) is 3.26. The highest BCUT2D eigenvalue weighted by Gasteiger charge is 2.35. The second-order valence-corrected chi connectivity index (χ2v) is 5.84. The molecule has 0 aliphatic carbocycles. The van der Waals surface area contributed by atoms with E-state index in [0.717, 1.165) is 0 Å². The van der Waals surface area contributed by atoms with Gasteiger partial charge in [0, 0.05) is 24.7 Å². The van der Waals surface area contributed by atoms with Crippen LogP contribution in [0.1, 0.15) is 42.9 Å². The first kappa shape index (κ1) is 14.3. The van der Waals surface area contributed by atoms with Crippen molar-refractivity contribution in [2.24, 2.45) is 0 Å². The van der Waals surface area contributed by atoms with Gasteiger partial charge in [0.25, 0.3) is 0 Å². The Labute approximate surface area is 117 Å². The summed E-state index contributed by atoms with van der Waals surface area (Å²) in [7, 11) is 0. The van der Waals surface area contributed by atoms with Crippen molar-refractivity contribution in [2.75, 3.05) is 13.1 Å². The number of hydrogen-bond donors (Lipinski definition) is 1. The summed E-state index contributed by atoms with van der Waals surface area (Å²) >= 11 is 0. The number of aromatic nitrogens is 1. The Morgan fingerprint density at radius 3 is 2.55 bits per heavy atom. The van der Waals surface area contributed by atoms with Crippen molar-refractivity contribution >= 4 is 12.1 Å². The number of carbonyl (C=O) groups excluding carboxylic acids is 1. The van der Waals surface area contributed by atoms with Crippen LogP contribution in [0.25, 0.3) is 0 Å². The van der Waals surface area contributed by atoms with Crippen LogP contribution in [0.4, 0.5) is 4.79 Å². The largest absolute Gasteiger partial charge is 0.477 e. The molecule has 6 nitrogen and oxygen atoms in total. The molecule has 20 heavy (non-hydrogen) atoms. The molecule has 2 rings (SSSR count). The van der Waals surface area contributed by atoms with Crippen LogP contribution < -0.4 is 0 Å². The van der Waals surface area contributed by atoms with Gasteiger partial charge in [-0.15, -0.1) is 0 Å². The maximum absolute atomic E-state index is 11.8. The summed E-state index contributed by atoms with van der Waals surface area (Å²) in [6, 6.07) is 4.90. The first-order valence-electron chi connectivity index (χ1n) is 6.44. The van der Waals surface area contributed by atoms with Gasteiger partial charge in [-0.25, -0.2) is 14.6 Å². The maximum atomic E-state index is 11.8. The maximum Gasteiger partial charge on any atom is 0.410 e. The standard InChI is InChI=1S/C14H18N2O4/c1-14(2,3)20-13(19)16-7-9(8-16)10-5-4-6-11(15-10)12(17)18/h4-6,9H,7-8H2,1-3H3,(H,17,18). The zero-order chi connectivity index (χ0) is 14.9. The lowest BCUT2D eigenvalue weighted by Gasteiger charge is -2.39. The van der Waals surface area contributed by atoms with Crippen molar-refractivity contribution in [3.63, 3.8) is 0 Å². The number of amides is 1. The fraction of sp³-hybridized carbons (Fsp3) is 0.500. The van der Waals surface area contributed by atoms with E-state index >= 15 is 0 Å². The predicted molar refractivity (Wildman–Crippen MR) is 71.7 cm³/mol. The van der Waals surface area contributed by atoms with Gasteiger partial charge in [0.1, 0.15) is 11.3 Å². The number of rotatable bonds is 2. The van der Waals surface area contributed by atoms with Crippen molar-refractivity contribution in [2.45, 2.75) is 32.3 Å². The van der Waals surface area contributed by atoms with Gasteiger partial charge in [0.2, 0.25) is 0 Å². The van der Waals surface area contributed by atoms with Crippen molar-refractivity contribution in [1.82, 2.24) is 9.88 Å². The lowest BCUT2D eigenvalue weighted by atomic mass is 9.96. The molecule has 2 heterocycles. The van der Waals surface area contributed by atoms with Crippen LogP contribution in [0.5, 0.6) is 0 Å². The van der Waals surface area contributed by atoms with E-state index in [1.54, 1.807) is 17.0 Å². The molecule has 0 bridgehead atoms. The summed E-state index contributed by atoms with van der Waals surface area (Å²) in [5.41, 5.74) is 0.215. The molecule has 0 saturated carbocycles. The minimum Gasteiger partial charge on any atom is -0.477 e. The van der Waals surface area contributed by atoms with Crippen LogP contribution in [0.3, 0.4) is 0 Å². The smallest absolute Gasteiger partial charge is 0.410 e. The van der Waals surface area contributed by atoms with E-state index in [1.165, 1.54) is 6.07 Å². The lowest BCUT2D eigenvalue weighted by Crippen LogP contribution is -2.50. The summed E-state index contributed by atoms with van der Waals surface area (Å²) in [5.74, 6) is -0.975. The summed E-state index contributed by atoms with van der Waals surface area (Å²) in [6.07, 6.45) is -0.344. The van der Waals surface area contributed by atoms with Crippen molar-refractivity contribution < 1.29 is 19.4 Å². The molecule has 0 spiro atoms. The van der Waals surface area contributed by atoms with Crippen molar-refractivity contribution in [3.05, 3.63) is 29.6 Å². The molecule has 1 fully saturated rings. The highest BCUT2D eigenvalue weighted by molar-refractivity contribution is 5.85. The number of aromatic carboxylic acids is 1. The van der Waals surface area contributed by atoms with Gasteiger partial charge in [0.15, 0.2) is 0 Å². The highest BCUT2D eigenvalue weighted by Crippen LogP contribution is 2.27. The van der Waals surface area contributed by atoms with Crippen molar-refractivity contribution in [3.8, 4) is 0 Å². The number of carbonyl (C=O) groups is 2. The highest BCUT2D eigenvalue weighted by atomic mass is 16.6. The Morgan fingerprint density at radius 1 is 1.35 bits per heavy atom. The molecule has 1 aromatic rings. The molecule has 0 atom stereocenters. The number of nitrogens with zero attached hydrogens (tertiary/aromatic N) is 2. The number of ether oxygens (including phenoxy) is 1. The Balaban J connectivity index is 1.95. The summed E-state index contributed by atoms with van der Waals surface area (Å²) in [4.78, 5) is 28.3. The Kier molecular flexibility index (Phi) is 3.65. The van der Waals surface area contributed by atoms with E-state index in [9.17, 15) is 9.59 Å². The molecule has 108 valence electrons. The molecule has 6 heteroatoms. The molecule has 1 aliphatic heterocycles. The molecule has 1 N–H and O–H groups in total. The zero-order valence-corrected chi connectivity index (χ0v) is 11.8. The van der Waals surface area contributed by atoms with Gasteiger partial charge >= 0.3 is 12.1 Å². The quantitative estimate of drug-likeness (QED) is 0.896. The van der Waals surface area contributed by atoms with E-state index < -0.39 is 11.6 Å². The van der Waals surface area contributed by atoms with Crippen LogP contribution in [0, 0.1) is 0 Å². The number of hydrogen-bond acceptors (Lipinski definition) is 4. The van der Waals surface area contributed by atoms with Gasteiger partial charge < -0.3 is 14.7 Å². The molecule has 1 saturated heterocycles. The second-order valence-electron chi connectivity index (χ2n) is 5.84. The van der Waals surface area contributed by atoms with Gasteiger partial charge in [0.05, 0.1) is 0 Å². The molecule has 1 amide bonds. The minimum absolute atomic E-state index is 0.0261. The first-order chi connectivity index (χ1) is 9.26. The Hall–Kier alpha value is -2.11. The van der Waals surface area contributed by atoms with Crippen LogP contribution in [0.15, 0.2) is 18.2 Å². The van der Waals surface area contributed by atoms with E-state index in [4.69, 9.17) is 9.84 Å². The monoisotopic (exact) mass is 278 g/mol. The molecule has 0 unspecified atom stereocenters. The molecule has 0 radical (unpaired) electrons. The van der Waals surface area contributed by atoms with Crippen LogP contribution in [0.2, 0.25) is 0 Å². The van der Waals surface area contributed by atoms with Crippen LogP contribution in [-0.2, 0) is 4.74 Å². The minimum atomic E-state index is -1.05. The van der Waals surface area contributed by atoms with E-state index in [1.807, 2.05) is 20.8 Å². The molecule has 1 aliphatic rings. The zero-order valence-electron chi connectivity index (χ0n) is 11.8. The lowest BCUT2D eigenvalue weighted by molar-refractivity contribution is 0.00780. The fourth-order valence-corrected chi connectivity index (χ4v) is 1.94. The first-order valence-corrected chi connectivity index (χ1v) is 6.44. The molecule has 1 aromatic heterocycles. The van der Waals surface area contributed by atoms with Gasteiger partial charge in [-0.2, -0.15) is 0 Å². The van der Waals surface area contributed by atoms with Crippen LogP contribution in [-0.4, -0.2) is 45.7 Å². The fourth-order valence-electron chi connectivity index (χ4n) is 1.94. The normalized spacial score (nSPS) is 15.7. The molecular weight excluding hydrogens is 260 g/mol. The molecule has 0 aromatic carbocycles. The number of pyridine rings is 1. The van der Waals surface area contributed by atoms with E-state index in [0.29, 0.717) is 18.8 Å². The Bertz CT molecular complexity index is 530. The summed E-state index contributed by atoms with van der Waals surface area (Å²) in [5, 5.41) is 8.90. The van der Waals surface area contributed by atoms with Crippen LogP contribution >= 0.6 is 0 Å². The number of carboxylic acid groups (broad SMARTS) is 1. The average molecular weight is 278 g/mol. The average Bonchev–Trinajstić information content (AvgIpc) is 2.24.